The van der Waals surface area contributed by atoms with Crippen molar-refractivity contribution in [3.05, 3.63) is 58.6 Å². The minimum absolute atomic E-state index is 0.00944. The van der Waals surface area contributed by atoms with Crippen LogP contribution in [0.15, 0.2) is 42.5 Å². The summed E-state index contributed by atoms with van der Waals surface area (Å²) in [5.74, 6) is 0.764. The summed E-state index contributed by atoms with van der Waals surface area (Å²) in [6.07, 6.45) is 2.59. The first-order valence-corrected chi connectivity index (χ1v) is 11.0. The zero-order chi connectivity index (χ0) is 22.6. The van der Waals surface area contributed by atoms with Crippen LogP contribution >= 0.6 is 11.6 Å². The van der Waals surface area contributed by atoms with Crippen molar-refractivity contribution in [3.8, 4) is 5.75 Å². The third-order valence-electron chi connectivity index (χ3n) is 5.71. The Morgan fingerprint density at radius 1 is 1.10 bits per heavy atom. The number of methoxy groups -OCH3 is 1. The number of hydrogen-bond donors (Lipinski definition) is 1. The molecule has 1 N–H and O–H groups in total. The first-order valence-electron chi connectivity index (χ1n) is 10.6. The number of carbonyl (C=O) groups is 2. The van der Waals surface area contributed by atoms with E-state index in [1.165, 1.54) is 7.11 Å². The van der Waals surface area contributed by atoms with Gasteiger partial charge >= 0.3 is 5.97 Å². The highest BCUT2D eigenvalue weighted by Gasteiger charge is 2.31. The van der Waals surface area contributed by atoms with E-state index in [0.717, 1.165) is 30.6 Å². The smallest absolute Gasteiger partial charge is 0.337 e. The van der Waals surface area contributed by atoms with Crippen molar-refractivity contribution >= 4 is 29.2 Å². The second-order valence-corrected chi connectivity index (χ2v) is 9.57. The highest BCUT2D eigenvalue weighted by molar-refractivity contribution is 6.30. The van der Waals surface area contributed by atoms with E-state index in [2.05, 4.69) is 26.1 Å². The third-order valence-corrected chi connectivity index (χ3v) is 5.94. The summed E-state index contributed by atoms with van der Waals surface area (Å²) >= 11 is 6.18. The summed E-state index contributed by atoms with van der Waals surface area (Å²) in [5, 5.41) is 3.65. The van der Waals surface area contributed by atoms with Gasteiger partial charge in [-0.25, -0.2) is 4.79 Å². The lowest BCUT2D eigenvalue weighted by atomic mass is 9.86. The monoisotopic (exact) mass is 443 g/mol. The average molecular weight is 444 g/mol. The molecule has 6 heteroatoms. The molecule has 0 heterocycles. The molecule has 2 aromatic carbocycles. The Hall–Kier alpha value is -2.53. The van der Waals surface area contributed by atoms with Gasteiger partial charge in [-0.15, -0.1) is 0 Å². The topological polar surface area (TPSA) is 64.6 Å². The lowest BCUT2D eigenvalue weighted by molar-refractivity contribution is -0.119. The van der Waals surface area contributed by atoms with Crippen LogP contribution in [-0.4, -0.2) is 25.6 Å². The number of halogens is 1. The zero-order valence-corrected chi connectivity index (χ0v) is 19.3. The molecule has 0 radical (unpaired) electrons. The van der Waals surface area contributed by atoms with Crippen molar-refractivity contribution in [1.82, 2.24) is 0 Å². The molecular weight excluding hydrogens is 414 g/mol. The summed E-state index contributed by atoms with van der Waals surface area (Å²) in [6.45, 7) is 7.00. The van der Waals surface area contributed by atoms with Crippen LogP contribution in [0, 0.1) is 11.8 Å². The maximum atomic E-state index is 12.7. The summed E-state index contributed by atoms with van der Waals surface area (Å²) in [5.41, 5.74) is 2.15. The number of esters is 1. The largest absolute Gasteiger partial charge is 0.493 e. The quantitative estimate of drug-likeness (QED) is 0.568. The molecule has 5 nitrogen and oxygen atoms in total. The van der Waals surface area contributed by atoms with Crippen molar-refractivity contribution in [2.24, 2.45) is 11.8 Å². The predicted molar refractivity (Wildman–Crippen MR) is 123 cm³/mol. The number of hydrogen-bond acceptors (Lipinski definition) is 4. The molecule has 1 fully saturated rings. The number of nitrogens with one attached hydrogen (secondary N) is 1. The van der Waals surface area contributed by atoms with Gasteiger partial charge in [0, 0.05) is 22.2 Å². The minimum Gasteiger partial charge on any atom is -0.493 e. The number of rotatable bonds is 6. The van der Waals surface area contributed by atoms with Gasteiger partial charge in [0.2, 0.25) is 5.91 Å². The zero-order valence-electron chi connectivity index (χ0n) is 18.5. The van der Waals surface area contributed by atoms with Crippen LogP contribution in [-0.2, 0) is 14.9 Å². The SMILES string of the molecule is COC(=O)c1ccc(NC(=O)C2CCC(COc3ccc(Cl)cc3C(C)(C)C)C2)cc1. The minimum atomic E-state index is -0.396. The maximum Gasteiger partial charge on any atom is 0.337 e. The molecule has 1 saturated carbocycles. The van der Waals surface area contributed by atoms with Crippen LogP contribution in [0.25, 0.3) is 0 Å². The van der Waals surface area contributed by atoms with Gasteiger partial charge in [0.05, 0.1) is 19.3 Å². The van der Waals surface area contributed by atoms with Crippen molar-refractivity contribution in [2.75, 3.05) is 19.0 Å². The van der Waals surface area contributed by atoms with Crippen LogP contribution in [0.4, 0.5) is 5.69 Å². The molecule has 0 aliphatic heterocycles. The fraction of sp³-hybridized carbons (Fsp3) is 0.440. The van der Waals surface area contributed by atoms with Crippen LogP contribution in [0.3, 0.4) is 0 Å². The molecule has 166 valence electrons. The summed E-state index contributed by atoms with van der Waals surface area (Å²) in [4.78, 5) is 24.2. The molecule has 0 aromatic heterocycles. The molecule has 2 atom stereocenters. The van der Waals surface area contributed by atoms with E-state index < -0.39 is 5.97 Å². The lowest BCUT2D eigenvalue weighted by Crippen LogP contribution is -2.21. The summed E-state index contributed by atoms with van der Waals surface area (Å²) in [7, 11) is 1.34. The van der Waals surface area contributed by atoms with E-state index in [-0.39, 0.29) is 17.2 Å². The second kappa shape index (κ2) is 9.73. The Labute approximate surface area is 189 Å². The highest BCUT2D eigenvalue weighted by atomic mass is 35.5. The Bertz CT molecular complexity index is 934. The van der Waals surface area contributed by atoms with Crippen LogP contribution < -0.4 is 10.1 Å². The highest BCUT2D eigenvalue weighted by Crippen LogP contribution is 2.36. The molecule has 1 amide bonds. The Kier molecular flexibility index (Phi) is 7.26. The van der Waals surface area contributed by atoms with Crippen molar-refractivity contribution in [1.29, 1.82) is 0 Å². The van der Waals surface area contributed by atoms with Gasteiger partial charge < -0.3 is 14.8 Å². The van der Waals surface area contributed by atoms with Gasteiger partial charge in [-0.2, -0.15) is 0 Å². The lowest BCUT2D eigenvalue weighted by Gasteiger charge is -2.24. The first-order chi connectivity index (χ1) is 14.7. The van der Waals surface area contributed by atoms with Gasteiger partial charge in [-0.1, -0.05) is 32.4 Å². The molecule has 31 heavy (non-hydrogen) atoms. The molecule has 2 aromatic rings. The molecule has 0 spiro atoms. The molecule has 1 aliphatic rings. The second-order valence-electron chi connectivity index (χ2n) is 9.14. The van der Waals surface area contributed by atoms with Crippen LogP contribution in [0.5, 0.6) is 5.75 Å². The Morgan fingerprint density at radius 2 is 1.81 bits per heavy atom. The van der Waals surface area contributed by atoms with E-state index in [0.29, 0.717) is 28.8 Å². The number of carbonyl (C=O) groups excluding carboxylic acids is 2. The molecule has 3 rings (SSSR count). The number of ether oxygens (including phenoxy) is 2. The van der Waals surface area contributed by atoms with Gasteiger partial charge in [-0.05, 0) is 73.1 Å². The fourth-order valence-corrected chi connectivity index (χ4v) is 4.11. The molecule has 1 aliphatic carbocycles. The Morgan fingerprint density at radius 3 is 2.45 bits per heavy atom. The maximum absolute atomic E-state index is 12.7. The van der Waals surface area contributed by atoms with Crippen molar-refractivity contribution in [3.63, 3.8) is 0 Å². The Balaban J connectivity index is 1.54. The van der Waals surface area contributed by atoms with Crippen LogP contribution in [0.2, 0.25) is 5.02 Å². The van der Waals surface area contributed by atoms with Gasteiger partial charge in [0.1, 0.15) is 5.75 Å². The number of anilines is 1. The van der Waals surface area contributed by atoms with E-state index >= 15 is 0 Å². The van der Waals surface area contributed by atoms with E-state index in [1.807, 2.05) is 18.2 Å². The van der Waals surface area contributed by atoms with E-state index in [4.69, 9.17) is 21.1 Å². The third kappa shape index (κ3) is 6.01. The first kappa shape index (κ1) is 23.1. The molecular formula is C25H30ClNO4. The summed E-state index contributed by atoms with van der Waals surface area (Å²) in [6, 6.07) is 12.5. The number of amides is 1. The van der Waals surface area contributed by atoms with Crippen molar-refractivity contribution < 1.29 is 19.1 Å². The molecule has 2 unspecified atom stereocenters. The molecule has 0 bridgehead atoms. The number of benzene rings is 2. The summed E-state index contributed by atoms with van der Waals surface area (Å²) < 4.78 is 10.9. The van der Waals surface area contributed by atoms with Gasteiger partial charge in [0.15, 0.2) is 0 Å². The standard InChI is InChI=1S/C25H30ClNO4/c1-25(2,3)21-14-19(26)9-12-22(21)31-15-16-5-6-18(13-16)23(28)27-20-10-7-17(8-11-20)24(29)30-4/h7-12,14,16,18H,5-6,13,15H2,1-4H3,(H,27,28). The van der Waals surface area contributed by atoms with Gasteiger partial charge in [-0.3, -0.25) is 4.79 Å². The average Bonchev–Trinajstić information content (AvgIpc) is 3.21. The van der Waals surface area contributed by atoms with E-state index in [1.54, 1.807) is 24.3 Å². The van der Waals surface area contributed by atoms with E-state index in [9.17, 15) is 9.59 Å². The van der Waals surface area contributed by atoms with Crippen molar-refractivity contribution in [2.45, 2.75) is 45.4 Å². The predicted octanol–water partition coefficient (Wildman–Crippen LogP) is 5.86. The van der Waals surface area contributed by atoms with Gasteiger partial charge in [0.25, 0.3) is 0 Å². The fourth-order valence-electron chi connectivity index (χ4n) is 3.94. The molecule has 0 saturated heterocycles. The van der Waals surface area contributed by atoms with Crippen LogP contribution in [0.1, 0.15) is 56.0 Å². The normalized spacial score (nSPS) is 18.5.